The van der Waals surface area contributed by atoms with E-state index >= 15 is 0 Å². The van der Waals surface area contributed by atoms with Crippen LogP contribution in [0.1, 0.15) is 24.4 Å². The Kier molecular flexibility index (Phi) is 5.52. The first-order chi connectivity index (χ1) is 15.0. The number of methoxy groups -OCH3 is 1. The molecule has 31 heavy (non-hydrogen) atoms. The lowest BCUT2D eigenvalue weighted by Crippen LogP contribution is -2.50. The zero-order chi connectivity index (χ0) is 22.0. The molecule has 1 atom stereocenters. The third kappa shape index (κ3) is 4.04. The van der Waals surface area contributed by atoms with Gasteiger partial charge in [-0.05, 0) is 40.4 Å². The van der Waals surface area contributed by atoms with Crippen LogP contribution < -0.4 is 10.1 Å². The number of nitro groups is 1. The van der Waals surface area contributed by atoms with Crippen LogP contribution in [0, 0.1) is 10.1 Å². The van der Waals surface area contributed by atoms with Crippen LogP contribution in [0.2, 0.25) is 0 Å². The Hall–Kier alpha value is -3.95. The van der Waals surface area contributed by atoms with Crippen molar-refractivity contribution in [3.8, 4) is 5.75 Å². The molecule has 0 spiro atoms. The normalized spacial score (nSPS) is 18.4. The third-order valence-corrected chi connectivity index (χ3v) is 5.12. The maximum Gasteiger partial charge on any atom is 0.406 e. The Bertz CT molecular complexity index is 1050. The topological polar surface area (TPSA) is 124 Å². The second kappa shape index (κ2) is 8.42. The minimum atomic E-state index is -0.737. The molecule has 4 rings (SSSR count). The molecular weight excluding hydrogens is 404 g/mol. The number of ether oxygens (including phenoxy) is 2. The summed E-state index contributed by atoms with van der Waals surface area (Å²) in [5.41, 5.74) is 1.26. The lowest BCUT2D eigenvalue weighted by molar-refractivity contribution is -0.390. The average Bonchev–Trinajstić information content (AvgIpc) is 3.62. The van der Waals surface area contributed by atoms with Crippen molar-refractivity contribution < 1.29 is 24.0 Å². The molecule has 1 aliphatic carbocycles. The van der Waals surface area contributed by atoms with Crippen molar-refractivity contribution in [3.63, 3.8) is 0 Å². The number of pyridine rings is 1. The first kappa shape index (κ1) is 20.3. The molecule has 2 heterocycles. The molecule has 1 fully saturated rings. The van der Waals surface area contributed by atoms with Gasteiger partial charge in [-0.1, -0.05) is 30.3 Å². The van der Waals surface area contributed by atoms with Crippen molar-refractivity contribution in [1.82, 2.24) is 15.2 Å². The zero-order valence-electron chi connectivity index (χ0n) is 16.7. The number of nitrogens with zero attached hydrogens (tertiary/aromatic N) is 3. The van der Waals surface area contributed by atoms with Gasteiger partial charge in [0.05, 0.1) is 24.4 Å². The van der Waals surface area contributed by atoms with Gasteiger partial charge in [0.15, 0.2) is 0 Å². The van der Waals surface area contributed by atoms with E-state index in [1.54, 1.807) is 24.3 Å². The molecule has 1 aliphatic heterocycles. The molecule has 1 aromatic carbocycles. The number of amides is 2. The number of hydrogen-bond donors (Lipinski definition) is 1. The Labute approximate surface area is 177 Å². The molecule has 0 bridgehead atoms. The SMILES string of the molecule is COC(=O)C1=C(COc2cccnc2[N+](=O)[O-])N(C2CC2)C(=O)NC1c1ccccc1. The number of nitrogens with one attached hydrogen (secondary N) is 1. The standard InChI is InChI=1S/C21H20N4O6/c1-30-20(26)17-15(12-31-16-8-5-11-22-19(16)25(28)29)24(14-9-10-14)21(27)23-18(17)13-6-3-2-4-7-13/h2-8,11,14,18H,9-10,12H2,1H3,(H,23,27). The maximum atomic E-state index is 13.0. The van der Waals surface area contributed by atoms with Crippen LogP contribution in [0.25, 0.3) is 0 Å². The van der Waals surface area contributed by atoms with E-state index < -0.39 is 22.8 Å². The number of carbonyl (C=O) groups is 2. The van der Waals surface area contributed by atoms with Crippen LogP contribution in [0.5, 0.6) is 5.75 Å². The molecule has 10 nitrogen and oxygen atoms in total. The van der Waals surface area contributed by atoms with Gasteiger partial charge < -0.3 is 24.9 Å². The van der Waals surface area contributed by atoms with Crippen molar-refractivity contribution >= 4 is 17.8 Å². The van der Waals surface area contributed by atoms with Crippen LogP contribution in [0.15, 0.2) is 59.9 Å². The van der Waals surface area contributed by atoms with Gasteiger partial charge in [0.25, 0.3) is 0 Å². The molecule has 2 amide bonds. The summed E-state index contributed by atoms with van der Waals surface area (Å²) in [6, 6.07) is 10.8. The summed E-state index contributed by atoms with van der Waals surface area (Å²) in [6.45, 7) is -0.232. The summed E-state index contributed by atoms with van der Waals surface area (Å²) in [4.78, 5) is 41.6. The van der Waals surface area contributed by atoms with Crippen molar-refractivity contribution in [1.29, 1.82) is 0 Å². The lowest BCUT2D eigenvalue weighted by atomic mass is 9.94. The highest BCUT2D eigenvalue weighted by Gasteiger charge is 2.44. The number of hydrogen-bond acceptors (Lipinski definition) is 7. The highest BCUT2D eigenvalue weighted by atomic mass is 16.6. The van der Waals surface area contributed by atoms with E-state index in [4.69, 9.17) is 9.47 Å². The molecule has 1 aromatic heterocycles. The number of benzene rings is 1. The van der Waals surface area contributed by atoms with Crippen LogP contribution in [0.3, 0.4) is 0 Å². The second-order valence-corrected chi connectivity index (χ2v) is 7.12. The molecule has 2 aliphatic rings. The predicted octanol–water partition coefficient (Wildman–Crippen LogP) is 2.72. The van der Waals surface area contributed by atoms with Crippen molar-refractivity contribution in [2.75, 3.05) is 13.7 Å². The quantitative estimate of drug-likeness (QED) is 0.412. The van der Waals surface area contributed by atoms with E-state index in [1.807, 2.05) is 6.07 Å². The Morgan fingerprint density at radius 3 is 2.65 bits per heavy atom. The summed E-state index contributed by atoms with van der Waals surface area (Å²) in [7, 11) is 1.26. The first-order valence-corrected chi connectivity index (χ1v) is 9.69. The number of carbonyl (C=O) groups excluding carboxylic acids is 2. The number of esters is 1. The average molecular weight is 424 g/mol. The fourth-order valence-electron chi connectivity index (χ4n) is 3.57. The zero-order valence-corrected chi connectivity index (χ0v) is 16.7. The highest BCUT2D eigenvalue weighted by Crippen LogP contribution is 2.38. The van der Waals surface area contributed by atoms with Crippen LogP contribution in [-0.2, 0) is 9.53 Å². The van der Waals surface area contributed by atoms with Crippen molar-refractivity contribution in [2.24, 2.45) is 0 Å². The van der Waals surface area contributed by atoms with E-state index in [0.717, 1.165) is 12.8 Å². The maximum absolute atomic E-state index is 13.0. The Balaban J connectivity index is 1.78. The van der Waals surface area contributed by atoms with Gasteiger partial charge in [-0.25, -0.2) is 9.59 Å². The fraction of sp³-hybridized carbons (Fsp3) is 0.286. The Morgan fingerprint density at radius 1 is 1.26 bits per heavy atom. The van der Waals surface area contributed by atoms with Crippen molar-refractivity contribution in [3.05, 3.63) is 75.6 Å². The molecular formula is C21H20N4O6. The molecule has 10 heteroatoms. The lowest BCUT2D eigenvalue weighted by Gasteiger charge is -2.36. The van der Waals surface area contributed by atoms with Gasteiger partial charge in [0, 0.05) is 6.04 Å². The van der Waals surface area contributed by atoms with Gasteiger partial charge in [-0.3, -0.25) is 4.90 Å². The summed E-state index contributed by atoms with van der Waals surface area (Å²) in [5, 5.41) is 14.1. The Morgan fingerprint density at radius 2 is 2.00 bits per heavy atom. The third-order valence-electron chi connectivity index (χ3n) is 5.12. The predicted molar refractivity (Wildman–Crippen MR) is 108 cm³/mol. The van der Waals surface area contributed by atoms with E-state index in [9.17, 15) is 19.7 Å². The number of urea groups is 1. The number of aromatic nitrogens is 1. The van der Waals surface area contributed by atoms with Gasteiger partial charge in [-0.15, -0.1) is 0 Å². The fourth-order valence-corrected chi connectivity index (χ4v) is 3.57. The van der Waals surface area contributed by atoms with Gasteiger partial charge >= 0.3 is 17.8 Å². The minimum absolute atomic E-state index is 0.0535. The van der Waals surface area contributed by atoms with Crippen LogP contribution in [0.4, 0.5) is 10.6 Å². The minimum Gasteiger partial charge on any atom is -0.479 e. The van der Waals surface area contributed by atoms with Gasteiger partial charge in [0.2, 0.25) is 5.75 Å². The van der Waals surface area contributed by atoms with Gasteiger partial charge in [-0.2, -0.15) is 0 Å². The molecule has 160 valence electrons. The summed E-state index contributed by atoms with van der Waals surface area (Å²) in [6.07, 6.45) is 2.86. The smallest absolute Gasteiger partial charge is 0.406 e. The summed E-state index contributed by atoms with van der Waals surface area (Å²) in [5.74, 6) is -1.11. The van der Waals surface area contributed by atoms with E-state index in [2.05, 4.69) is 10.3 Å². The molecule has 0 saturated heterocycles. The second-order valence-electron chi connectivity index (χ2n) is 7.12. The highest BCUT2D eigenvalue weighted by molar-refractivity contribution is 5.95. The summed E-state index contributed by atoms with van der Waals surface area (Å²) >= 11 is 0. The first-order valence-electron chi connectivity index (χ1n) is 9.69. The molecule has 1 unspecified atom stereocenters. The van der Waals surface area contributed by atoms with E-state index in [1.165, 1.54) is 30.3 Å². The molecule has 2 aromatic rings. The molecule has 1 saturated carbocycles. The number of rotatable bonds is 7. The van der Waals surface area contributed by atoms with Gasteiger partial charge in [0.1, 0.15) is 12.8 Å². The monoisotopic (exact) mass is 424 g/mol. The van der Waals surface area contributed by atoms with E-state index in [0.29, 0.717) is 11.3 Å². The summed E-state index contributed by atoms with van der Waals surface area (Å²) < 4.78 is 10.7. The van der Waals surface area contributed by atoms with E-state index in [-0.39, 0.29) is 30.0 Å². The van der Waals surface area contributed by atoms with Crippen LogP contribution in [-0.4, -0.2) is 46.6 Å². The molecule has 0 radical (unpaired) electrons. The largest absolute Gasteiger partial charge is 0.479 e. The van der Waals surface area contributed by atoms with Crippen molar-refractivity contribution in [2.45, 2.75) is 24.9 Å². The molecule has 1 N–H and O–H groups in total. The van der Waals surface area contributed by atoms with Crippen LogP contribution >= 0.6 is 0 Å².